The molecule has 26 heavy (non-hydrogen) atoms. The maximum absolute atomic E-state index is 12.4. The second-order valence-electron chi connectivity index (χ2n) is 5.49. The molecule has 6 heteroatoms. The number of amides is 1. The molecule has 0 atom stereocenters. The van der Waals surface area contributed by atoms with Crippen LogP contribution in [0, 0.1) is 0 Å². The Bertz CT molecular complexity index is 947. The van der Waals surface area contributed by atoms with E-state index in [1.165, 1.54) is 0 Å². The van der Waals surface area contributed by atoms with E-state index in [1.54, 1.807) is 42.5 Å². The zero-order chi connectivity index (χ0) is 18.5. The predicted molar refractivity (Wildman–Crippen MR) is 109 cm³/mol. The Morgan fingerprint density at radius 1 is 0.962 bits per heavy atom. The van der Waals surface area contributed by atoms with E-state index in [-0.39, 0.29) is 5.91 Å². The summed E-state index contributed by atoms with van der Waals surface area (Å²) in [6.07, 6.45) is 0. The normalized spacial score (nSPS) is 10.4. The van der Waals surface area contributed by atoms with Crippen molar-refractivity contribution in [3.8, 4) is 5.75 Å². The minimum atomic E-state index is -0.244. The van der Waals surface area contributed by atoms with E-state index in [4.69, 9.17) is 27.9 Å². The molecule has 0 unspecified atom stereocenters. The van der Waals surface area contributed by atoms with E-state index >= 15 is 0 Å². The average molecular weight is 451 g/mol. The Kier molecular flexibility index (Phi) is 6.20. The molecule has 0 saturated heterocycles. The van der Waals surface area contributed by atoms with Gasteiger partial charge in [0.05, 0.1) is 5.02 Å². The van der Waals surface area contributed by atoms with E-state index in [0.717, 1.165) is 10.0 Å². The predicted octanol–water partition coefficient (Wildman–Crippen LogP) is 6.59. The highest BCUT2D eigenvalue weighted by molar-refractivity contribution is 9.10. The highest BCUT2D eigenvalue weighted by Crippen LogP contribution is 2.26. The lowest BCUT2D eigenvalue weighted by molar-refractivity contribution is 0.102. The van der Waals surface area contributed by atoms with E-state index in [2.05, 4.69) is 21.2 Å². The third kappa shape index (κ3) is 4.79. The van der Waals surface area contributed by atoms with Crippen LogP contribution >= 0.6 is 39.1 Å². The number of carbonyl (C=O) groups is 1. The number of ether oxygens (including phenoxy) is 1. The number of nitrogens with one attached hydrogen (secondary N) is 1. The first-order valence-corrected chi connectivity index (χ1v) is 9.30. The molecule has 0 saturated carbocycles. The van der Waals surface area contributed by atoms with Gasteiger partial charge >= 0.3 is 0 Å². The third-order valence-electron chi connectivity index (χ3n) is 3.63. The SMILES string of the molecule is O=C(Nc1ccc(Br)c(Cl)c1)c1cccc(OCc2ccccc2Cl)c1. The Balaban J connectivity index is 1.69. The molecule has 0 heterocycles. The molecule has 0 aliphatic heterocycles. The molecule has 3 nitrogen and oxygen atoms in total. The summed E-state index contributed by atoms with van der Waals surface area (Å²) < 4.78 is 6.53. The van der Waals surface area contributed by atoms with Crippen molar-refractivity contribution in [3.63, 3.8) is 0 Å². The zero-order valence-corrected chi connectivity index (χ0v) is 16.6. The summed E-state index contributed by atoms with van der Waals surface area (Å²) in [5, 5.41) is 3.99. The van der Waals surface area contributed by atoms with Crippen LogP contribution in [-0.2, 0) is 6.61 Å². The van der Waals surface area contributed by atoms with Crippen molar-refractivity contribution in [2.75, 3.05) is 5.32 Å². The lowest BCUT2D eigenvalue weighted by Gasteiger charge is -2.10. The van der Waals surface area contributed by atoms with Gasteiger partial charge in [0.15, 0.2) is 0 Å². The topological polar surface area (TPSA) is 38.3 Å². The van der Waals surface area contributed by atoms with Gasteiger partial charge in [-0.25, -0.2) is 0 Å². The average Bonchev–Trinajstić information content (AvgIpc) is 2.64. The summed E-state index contributed by atoms with van der Waals surface area (Å²) in [6, 6.07) is 19.7. The van der Waals surface area contributed by atoms with Gasteiger partial charge in [-0.15, -0.1) is 0 Å². The molecule has 3 aromatic carbocycles. The monoisotopic (exact) mass is 449 g/mol. The quantitative estimate of drug-likeness (QED) is 0.476. The number of anilines is 1. The molecule has 0 fully saturated rings. The second kappa shape index (κ2) is 8.58. The molecule has 3 aromatic rings. The van der Waals surface area contributed by atoms with Crippen LogP contribution in [0.1, 0.15) is 15.9 Å². The van der Waals surface area contributed by atoms with Crippen molar-refractivity contribution < 1.29 is 9.53 Å². The fraction of sp³-hybridized carbons (Fsp3) is 0.0500. The molecule has 0 radical (unpaired) electrons. The molecule has 0 bridgehead atoms. The summed E-state index contributed by atoms with van der Waals surface area (Å²) in [5.41, 5.74) is 1.99. The van der Waals surface area contributed by atoms with Crippen molar-refractivity contribution >= 4 is 50.7 Å². The summed E-state index contributed by atoms with van der Waals surface area (Å²) in [4.78, 5) is 12.4. The molecule has 0 aromatic heterocycles. The van der Waals surface area contributed by atoms with Crippen LogP contribution in [0.2, 0.25) is 10.0 Å². The number of benzene rings is 3. The highest BCUT2D eigenvalue weighted by atomic mass is 79.9. The smallest absolute Gasteiger partial charge is 0.255 e. The van der Waals surface area contributed by atoms with Gasteiger partial charge in [0, 0.05) is 26.3 Å². The van der Waals surface area contributed by atoms with E-state index in [9.17, 15) is 4.79 Å². The summed E-state index contributed by atoms with van der Waals surface area (Å²) >= 11 is 15.5. The molecule has 132 valence electrons. The largest absolute Gasteiger partial charge is 0.489 e. The number of rotatable bonds is 5. The van der Waals surface area contributed by atoms with E-state index in [1.807, 2.05) is 24.3 Å². The van der Waals surface area contributed by atoms with Crippen molar-refractivity contribution in [2.45, 2.75) is 6.61 Å². The Hall–Kier alpha value is -2.01. The molecule has 0 aliphatic rings. The van der Waals surface area contributed by atoms with Crippen molar-refractivity contribution in [1.29, 1.82) is 0 Å². The molecule has 1 amide bonds. The van der Waals surface area contributed by atoms with Crippen LogP contribution < -0.4 is 10.1 Å². The molecular formula is C20H14BrCl2NO2. The lowest BCUT2D eigenvalue weighted by atomic mass is 10.2. The van der Waals surface area contributed by atoms with Crippen LogP contribution in [0.15, 0.2) is 71.2 Å². The second-order valence-corrected chi connectivity index (χ2v) is 7.16. The van der Waals surface area contributed by atoms with Crippen LogP contribution in [0.5, 0.6) is 5.75 Å². The van der Waals surface area contributed by atoms with Gasteiger partial charge < -0.3 is 10.1 Å². The Morgan fingerprint density at radius 3 is 2.54 bits per heavy atom. The van der Waals surface area contributed by atoms with Gasteiger partial charge in [0.2, 0.25) is 0 Å². The standard InChI is InChI=1S/C20H14BrCl2NO2/c21-17-9-8-15(11-19(17)23)24-20(25)13-5-3-6-16(10-13)26-12-14-4-1-2-7-18(14)22/h1-11H,12H2,(H,24,25). The van der Waals surface area contributed by atoms with Crippen LogP contribution in [-0.4, -0.2) is 5.91 Å². The third-order valence-corrected chi connectivity index (χ3v) is 5.23. The number of carbonyl (C=O) groups excluding carboxylic acids is 1. The van der Waals surface area contributed by atoms with Gasteiger partial charge in [-0.3, -0.25) is 4.79 Å². The first-order chi connectivity index (χ1) is 12.5. The van der Waals surface area contributed by atoms with Crippen molar-refractivity contribution in [3.05, 3.63) is 92.4 Å². The van der Waals surface area contributed by atoms with E-state index < -0.39 is 0 Å². The van der Waals surface area contributed by atoms with E-state index in [0.29, 0.717) is 33.7 Å². The minimum absolute atomic E-state index is 0.244. The molecule has 1 N–H and O–H groups in total. The Labute approximate surface area is 170 Å². The maximum atomic E-state index is 12.4. The van der Waals surface area contributed by atoms with Crippen molar-refractivity contribution in [1.82, 2.24) is 0 Å². The van der Waals surface area contributed by atoms with Crippen molar-refractivity contribution in [2.24, 2.45) is 0 Å². The van der Waals surface area contributed by atoms with Crippen LogP contribution in [0.3, 0.4) is 0 Å². The summed E-state index contributed by atoms with van der Waals surface area (Å²) in [6.45, 7) is 0.326. The number of hydrogen-bond donors (Lipinski definition) is 1. The molecule has 0 aliphatic carbocycles. The van der Waals surface area contributed by atoms with Crippen LogP contribution in [0.25, 0.3) is 0 Å². The summed E-state index contributed by atoms with van der Waals surface area (Å²) in [7, 11) is 0. The van der Waals surface area contributed by atoms with Gasteiger partial charge in [0.25, 0.3) is 5.91 Å². The highest BCUT2D eigenvalue weighted by Gasteiger charge is 2.09. The Morgan fingerprint density at radius 2 is 1.77 bits per heavy atom. The lowest BCUT2D eigenvalue weighted by Crippen LogP contribution is -2.12. The first kappa shape index (κ1) is 18.8. The molecular weight excluding hydrogens is 437 g/mol. The maximum Gasteiger partial charge on any atom is 0.255 e. The van der Waals surface area contributed by atoms with Gasteiger partial charge in [-0.2, -0.15) is 0 Å². The van der Waals surface area contributed by atoms with Gasteiger partial charge in [-0.1, -0.05) is 47.5 Å². The van der Waals surface area contributed by atoms with Crippen LogP contribution in [0.4, 0.5) is 5.69 Å². The minimum Gasteiger partial charge on any atom is -0.489 e. The summed E-state index contributed by atoms with van der Waals surface area (Å²) in [5.74, 6) is 0.345. The number of halogens is 3. The molecule has 0 spiro atoms. The fourth-order valence-corrected chi connectivity index (χ4v) is 2.90. The first-order valence-electron chi connectivity index (χ1n) is 7.75. The zero-order valence-electron chi connectivity index (χ0n) is 13.5. The molecule has 3 rings (SSSR count). The number of hydrogen-bond acceptors (Lipinski definition) is 2. The fourth-order valence-electron chi connectivity index (χ4n) is 2.28. The van der Waals surface area contributed by atoms with Gasteiger partial charge in [-0.05, 0) is 58.4 Å². The van der Waals surface area contributed by atoms with Gasteiger partial charge in [0.1, 0.15) is 12.4 Å².